The van der Waals surface area contributed by atoms with Crippen LogP contribution in [0.2, 0.25) is 0 Å². The van der Waals surface area contributed by atoms with Gasteiger partial charge in [0.25, 0.3) is 0 Å². The van der Waals surface area contributed by atoms with Crippen LogP contribution < -0.4 is 10.6 Å². The standard InChI is InChI=1S/C18H31N3O3/c1-2-23-13-4-11-19-18(20-12-10-17-5-3-14-24-17)21-15-6-8-16(22)9-7-15/h3,5,14-16,22H,2,4,6-13H2,1H3,(H2,19,20,21). The van der Waals surface area contributed by atoms with Gasteiger partial charge in [-0.05, 0) is 51.2 Å². The minimum absolute atomic E-state index is 0.137. The van der Waals surface area contributed by atoms with E-state index in [4.69, 9.17) is 9.15 Å². The Morgan fingerprint density at radius 1 is 1.38 bits per heavy atom. The second kappa shape index (κ2) is 11.1. The van der Waals surface area contributed by atoms with Gasteiger partial charge >= 0.3 is 0 Å². The van der Waals surface area contributed by atoms with E-state index in [-0.39, 0.29) is 6.10 Å². The summed E-state index contributed by atoms with van der Waals surface area (Å²) in [4.78, 5) is 4.65. The van der Waals surface area contributed by atoms with Crippen LogP contribution in [0.1, 0.15) is 44.8 Å². The summed E-state index contributed by atoms with van der Waals surface area (Å²) in [6, 6.07) is 4.27. The number of guanidine groups is 1. The fraction of sp³-hybridized carbons (Fsp3) is 0.722. The molecule has 0 bridgehead atoms. The number of furan rings is 1. The Morgan fingerprint density at radius 3 is 2.92 bits per heavy atom. The number of aliphatic imine (C=N–C) groups is 1. The van der Waals surface area contributed by atoms with Gasteiger partial charge in [-0.1, -0.05) is 0 Å². The molecule has 1 heterocycles. The Hall–Kier alpha value is -1.53. The summed E-state index contributed by atoms with van der Waals surface area (Å²) in [5, 5.41) is 16.5. The smallest absolute Gasteiger partial charge is 0.191 e. The van der Waals surface area contributed by atoms with E-state index in [2.05, 4.69) is 15.6 Å². The Morgan fingerprint density at radius 2 is 2.21 bits per heavy atom. The van der Waals surface area contributed by atoms with Gasteiger partial charge in [0.1, 0.15) is 5.76 Å². The number of hydrogen-bond acceptors (Lipinski definition) is 4. The maximum atomic E-state index is 9.63. The lowest BCUT2D eigenvalue weighted by Crippen LogP contribution is -2.46. The summed E-state index contributed by atoms with van der Waals surface area (Å²) >= 11 is 0. The van der Waals surface area contributed by atoms with E-state index < -0.39 is 0 Å². The molecule has 1 aromatic rings. The molecule has 136 valence electrons. The normalized spacial score (nSPS) is 21.7. The fourth-order valence-electron chi connectivity index (χ4n) is 2.83. The van der Waals surface area contributed by atoms with Gasteiger partial charge in [-0.2, -0.15) is 0 Å². The summed E-state index contributed by atoms with van der Waals surface area (Å²) < 4.78 is 10.7. The van der Waals surface area contributed by atoms with Crippen LogP contribution in [0.3, 0.4) is 0 Å². The van der Waals surface area contributed by atoms with Gasteiger partial charge in [-0.15, -0.1) is 0 Å². The monoisotopic (exact) mass is 337 g/mol. The first-order valence-corrected chi connectivity index (χ1v) is 9.11. The van der Waals surface area contributed by atoms with Gasteiger partial charge in [0.15, 0.2) is 5.96 Å². The van der Waals surface area contributed by atoms with E-state index in [0.29, 0.717) is 6.04 Å². The highest BCUT2D eigenvalue weighted by Gasteiger charge is 2.20. The second-order valence-electron chi connectivity index (χ2n) is 6.19. The molecule has 1 saturated carbocycles. The zero-order valence-electron chi connectivity index (χ0n) is 14.7. The predicted molar refractivity (Wildman–Crippen MR) is 95.2 cm³/mol. The van der Waals surface area contributed by atoms with Crippen molar-refractivity contribution in [2.75, 3.05) is 26.3 Å². The molecule has 6 heteroatoms. The molecule has 3 N–H and O–H groups in total. The number of nitrogens with one attached hydrogen (secondary N) is 2. The zero-order chi connectivity index (χ0) is 17.0. The average Bonchev–Trinajstić information content (AvgIpc) is 3.10. The Balaban J connectivity index is 1.77. The van der Waals surface area contributed by atoms with Crippen molar-refractivity contribution in [2.24, 2.45) is 4.99 Å². The van der Waals surface area contributed by atoms with Crippen LogP contribution in [0.4, 0.5) is 0 Å². The molecule has 0 unspecified atom stereocenters. The van der Waals surface area contributed by atoms with Crippen LogP contribution >= 0.6 is 0 Å². The molecule has 2 rings (SSSR count). The van der Waals surface area contributed by atoms with Gasteiger partial charge in [-0.3, -0.25) is 4.99 Å². The van der Waals surface area contributed by atoms with Crippen molar-refractivity contribution >= 4 is 5.96 Å². The zero-order valence-corrected chi connectivity index (χ0v) is 14.7. The lowest BCUT2D eigenvalue weighted by Gasteiger charge is -2.27. The molecule has 1 aliphatic carbocycles. The molecule has 0 aromatic carbocycles. The minimum atomic E-state index is -0.137. The predicted octanol–water partition coefficient (Wildman–Crippen LogP) is 2.09. The first kappa shape index (κ1) is 18.8. The third-order valence-electron chi connectivity index (χ3n) is 4.20. The molecule has 0 atom stereocenters. The first-order chi connectivity index (χ1) is 11.8. The summed E-state index contributed by atoms with van der Waals surface area (Å²) in [5.41, 5.74) is 0. The molecule has 1 aliphatic rings. The van der Waals surface area contributed by atoms with Crippen molar-refractivity contribution in [2.45, 2.75) is 57.6 Å². The Labute approximate surface area is 144 Å². The van der Waals surface area contributed by atoms with Crippen molar-refractivity contribution < 1.29 is 14.3 Å². The van der Waals surface area contributed by atoms with Gasteiger partial charge in [-0.25, -0.2) is 0 Å². The highest BCUT2D eigenvalue weighted by molar-refractivity contribution is 5.80. The van der Waals surface area contributed by atoms with E-state index >= 15 is 0 Å². The third-order valence-corrected chi connectivity index (χ3v) is 4.20. The van der Waals surface area contributed by atoms with Crippen LogP contribution in [0.15, 0.2) is 27.8 Å². The second-order valence-corrected chi connectivity index (χ2v) is 6.19. The summed E-state index contributed by atoms with van der Waals surface area (Å²) in [7, 11) is 0. The molecule has 6 nitrogen and oxygen atoms in total. The van der Waals surface area contributed by atoms with Crippen molar-refractivity contribution in [3.8, 4) is 0 Å². The Bertz CT molecular complexity index is 454. The summed E-state index contributed by atoms with van der Waals surface area (Å²) in [6.45, 7) is 5.02. The summed E-state index contributed by atoms with van der Waals surface area (Å²) in [5.74, 6) is 1.82. The molecule has 0 spiro atoms. The van der Waals surface area contributed by atoms with Crippen LogP contribution in [-0.4, -0.2) is 49.5 Å². The van der Waals surface area contributed by atoms with E-state index in [0.717, 1.165) is 76.5 Å². The summed E-state index contributed by atoms with van der Waals surface area (Å²) in [6.07, 6.45) is 7.00. The molecular weight excluding hydrogens is 306 g/mol. The number of aliphatic hydroxyl groups excluding tert-OH is 1. The quantitative estimate of drug-likeness (QED) is 0.365. The van der Waals surface area contributed by atoms with Gasteiger partial charge in [0, 0.05) is 38.8 Å². The van der Waals surface area contributed by atoms with Crippen molar-refractivity contribution in [1.82, 2.24) is 10.6 Å². The fourth-order valence-corrected chi connectivity index (χ4v) is 2.83. The van der Waals surface area contributed by atoms with Crippen molar-refractivity contribution in [3.63, 3.8) is 0 Å². The van der Waals surface area contributed by atoms with Crippen LogP contribution in [0.25, 0.3) is 0 Å². The topological polar surface area (TPSA) is 79.0 Å². The maximum Gasteiger partial charge on any atom is 0.191 e. The SMILES string of the molecule is CCOCCCN=C(NCCc1ccco1)NC1CCC(O)CC1. The average molecular weight is 337 g/mol. The molecule has 0 saturated heterocycles. The molecule has 0 aliphatic heterocycles. The first-order valence-electron chi connectivity index (χ1n) is 9.11. The maximum absolute atomic E-state index is 9.63. The van der Waals surface area contributed by atoms with Crippen molar-refractivity contribution in [3.05, 3.63) is 24.2 Å². The third kappa shape index (κ3) is 7.36. The van der Waals surface area contributed by atoms with Crippen LogP contribution in [-0.2, 0) is 11.2 Å². The molecule has 1 aromatic heterocycles. The van der Waals surface area contributed by atoms with E-state index in [1.165, 1.54) is 0 Å². The minimum Gasteiger partial charge on any atom is -0.469 e. The lowest BCUT2D eigenvalue weighted by molar-refractivity contribution is 0.120. The van der Waals surface area contributed by atoms with Crippen LogP contribution in [0.5, 0.6) is 0 Å². The molecule has 0 amide bonds. The molecular formula is C18H31N3O3. The lowest BCUT2D eigenvalue weighted by atomic mass is 9.93. The molecule has 1 fully saturated rings. The number of ether oxygens (including phenoxy) is 1. The van der Waals surface area contributed by atoms with Crippen molar-refractivity contribution in [1.29, 1.82) is 0 Å². The van der Waals surface area contributed by atoms with E-state index in [1.807, 2.05) is 19.1 Å². The van der Waals surface area contributed by atoms with E-state index in [9.17, 15) is 5.11 Å². The highest BCUT2D eigenvalue weighted by Crippen LogP contribution is 2.18. The molecule has 0 radical (unpaired) electrons. The van der Waals surface area contributed by atoms with Gasteiger partial charge in [0.2, 0.25) is 0 Å². The molecule has 24 heavy (non-hydrogen) atoms. The largest absolute Gasteiger partial charge is 0.469 e. The highest BCUT2D eigenvalue weighted by atomic mass is 16.5. The number of aliphatic hydroxyl groups is 1. The number of rotatable bonds is 9. The Kier molecular flexibility index (Phi) is 8.70. The van der Waals surface area contributed by atoms with Crippen LogP contribution in [0, 0.1) is 0 Å². The number of nitrogens with zero attached hydrogens (tertiary/aromatic N) is 1. The van der Waals surface area contributed by atoms with E-state index in [1.54, 1.807) is 6.26 Å². The van der Waals surface area contributed by atoms with Gasteiger partial charge in [0.05, 0.1) is 12.4 Å². The number of hydrogen-bond donors (Lipinski definition) is 3. The van der Waals surface area contributed by atoms with Gasteiger partial charge < -0.3 is 24.9 Å².